The predicted octanol–water partition coefficient (Wildman–Crippen LogP) is 4.53. The van der Waals surface area contributed by atoms with Crippen LogP contribution in [0, 0.1) is 0 Å². The molecule has 112 valence electrons. The van der Waals surface area contributed by atoms with Gasteiger partial charge in [-0.05, 0) is 43.9 Å². The Hall–Kier alpha value is -1.87. The van der Waals surface area contributed by atoms with Gasteiger partial charge in [0.15, 0.2) is 0 Å². The molecule has 4 rings (SSSR count). The molecule has 0 radical (unpaired) electrons. The molecule has 3 aromatic rings. The largest absolute Gasteiger partial charge is 0.343 e. The molecule has 2 nitrogen and oxygen atoms in total. The number of thiophene rings is 1. The summed E-state index contributed by atoms with van der Waals surface area (Å²) in [6, 6.07) is 11.0. The maximum Gasteiger partial charge on any atom is 0.130 e. The Labute approximate surface area is 134 Å². The second-order valence-electron chi connectivity index (χ2n) is 6.15. The zero-order chi connectivity index (χ0) is 15.3. The van der Waals surface area contributed by atoms with Crippen LogP contribution in [-0.4, -0.2) is 10.4 Å². The number of aryl methyl sites for hydroxylation is 4. The van der Waals surface area contributed by atoms with Gasteiger partial charge < -0.3 is 9.36 Å². The van der Waals surface area contributed by atoms with Crippen LogP contribution >= 0.6 is 11.3 Å². The van der Waals surface area contributed by atoms with Gasteiger partial charge in [-0.2, -0.15) is 0 Å². The van der Waals surface area contributed by atoms with Crippen LogP contribution in [0.5, 0.6) is 0 Å². The maximum atomic E-state index is 11.2. The summed E-state index contributed by atoms with van der Waals surface area (Å²) in [6.45, 7) is 1.68. The highest BCUT2D eigenvalue weighted by Gasteiger charge is 2.24. The Morgan fingerprint density at radius 2 is 2.09 bits per heavy atom. The van der Waals surface area contributed by atoms with E-state index in [1.54, 1.807) is 6.92 Å². The molecule has 0 fully saturated rings. The zero-order valence-corrected chi connectivity index (χ0v) is 13.8. The van der Waals surface area contributed by atoms with Gasteiger partial charge in [0.25, 0.3) is 0 Å². The van der Waals surface area contributed by atoms with Gasteiger partial charge in [0.2, 0.25) is 0 Å². The number of rotatable bonds is 3. The molecule has 3 heteroatoms. The van der Waals surface area contributed by atoms with E-state index in [0.29, 0.717) is 6.42 Å². The molecule has 0 unspecified atom stereocenters. The van der Waals surface area contributed by atoms with E-state index in [1.165, 1.54) is 37.5 Å². The van der Waals surface area contributed by atoms with Crippen LogP contribution in [0.25, 0.3) is 22.2 Å². The fourth-order valence-electron chi connectivity index (χ4n) is 3.60. The van der Waals surface area contributed by atoms with Crippen LogP contribution in [0.3, 0.4) is 0 Å². The van der Waals surface area contributed by atoms with E-state index in [0.717, 1.165) is 19.3 Å². The van der Waals surface area contributed by atoms with Crippen molar-refractivity contribution in [3.63, 3.8) is 0 Å². The molecule has 0 amide bonds. The monoisotopic (exact) mass is 309 g/mol. The van der Waals surface area contributed by atoms with Crippen molar-refractivity contribution in [1.82, 2.24) is 4.57 Å². The highest BCUT2D eigenvalue weighted by atomic mass is 32.1. The zero-order valence-electron chi connectivity index (χ0n) is 13.0. The topological polar surface area (TPSA) is 22.0 Å². The van der Waals surface area contributed by atoms with E-state index >= 15 is 0 Å². The highest BCUT2D eigenvalue weighted by Crippen LogP contribution is 2.43. The van der Waals surface area contributed by atoms with Crippen LogP contribution in [0.1, 0.15) is 28.7 Å². The van der Waals surface area contributed by atoms with Crippen molar-refractivity contribution in [2.75, 3.05) is 0 Å². The fraction of sp³-hybridized carbons (Fsp3) is 0.316. The second-order valence-corrected chi connectivity index (χ2v) is 7.38. The van der Waals surface area contributed by atoms with Crippen molar-refractivity contribution >= 4 is 28.0 Å². The molecule has 0 atom stereocenters. The average molecular weight is 309 g/mol. The third kappa shape index (κ3) is 2.03. The maximum absolute atomic E-state index is 11.2. The van der Waals surface area contributed by atoms with E-state index in [2.05, 4.69) is 41.9 Å². The summed E-state index contributed by atoms with van der Waals surface area (Å²) in [5.41, 5.74) is 5.58. The standard InChI is InChI=1S/C19H19NOS/c1-12(21)7-8-13-11-16-18(22-13)10-9-15-14-5-3-4-6-17(14)20(2)19(15)16/h3-6,11H,7-10H2,1-2H3. The molecule has 2 aromatic heterocycles. The number of carbonyl (C=O) groups is 1. The number of fused-ring (bicyclic) bond motifs is 5. The second kappa shape index (κ2) is 5.10. The summed E-state index contributed by atoms with van der Waals surface area (Å²) >= 11 is 1.89. The molecular weight excluding hydrogens is 290 g/mol. The third-order valence-corrected chi connectivity index (χ3v) is 5.91. The summed E-state index contributed by atoms with van der Waals surface area (Å²) in [7, 11) is 2.17. The molecule has 22 heavy (non-hydrogen) atoms. The number of carbonyl (C=O) groups excluding carboxylic acids is 1. The van der Waals surface area contributed by atoms with Crippen molar-refractivity contribution in [2.45, 2.75) is 32.6 Å². The number of ketones is 1. The number of para-hydroxylation sites is 1. The molecule has 0 saturated heterocycles. The Morgan fingerprint density at radius 1 is 1.27 bits per heavy atom. The summed E-state index contributed by atoms with van der Waals surface area (Å²) in [5, 5.41) is 1.39. The summed E-state index contributed by atoms with van der Waals surface area (Å²) < 4.78 is 2.34. The molecule has 2 heterocycles. The number of hydrogen-bond acceptors (Lipinski definition) is 2. The minimum Gasteiger partial charge on any atom is -0.343 e. The quantitative estimate of drug-likeness (QED) is 0.697. The van der Waals surface area contributed by atoms with Gasteiger partial charge in [-0.3, -0.25) is 0 Å². The first kappa shape index (κ1) is 13.8. The highest BCUT2D eigenvalue weighted by molar-refractivity contribution is 7.12. The molecule has 1 aromatic carbocycles. The minimum absolute atomic E-state index is 0.275. The number of Topliss-reactive ketones (excluding diaryl/α,β-unsaturated/α-hetero) is 1. The van der Waals surface area contributed by atoms with Gasteiger partial charge >= 0.3 is 0 Å². The molecule has 0 spiro atoms. The Morgan fingerprint density at radius 3 is 2.91 bits per heavy atom. The third-order valence-electron chi connectivity index (χ3n) is 4.65. The smallest absolute Gasteiger partial charge is 0.130 e. The fourth-order valence-corrected chi connectivity index (χ4v) is 4.77. The van der Waals surface area contributed by atoms with Gasteiger partial charge in [-0.1, -0.05) is 18.2 Å². The average Bonchev–Trinajstić information content (AvgIpc) is 3.05. The van der Waals surface area contributed by atoms with E-state index in [4.69, 9.17) is 0 Å². The Kier molecular flexibility index (Phi) is 3.19. The van der Waals surface area contributed by atoms with E-state index in [1.807, 2.05) is 11.3 Å². The van der Waals surface area contributed by atoms with Gasteiger partial charge in [-0.25, -0.2) is 0 Å². The number of aromatic nitrogens is 1. The lowest BCUT2D eigenvalue weighted by Gasteiger charge is -2.14. The normalized spacial score (nSPS) is 13.2. The van der Waals surface area contributed by atoms with Gasteiger partial charge in [-0.15, -0.1) is 11.3 Å². The summed E-state index contributed by atoms with van der Waals surface area (Å²) in [4.78, 5) is 14.1. The molecule has 1 aliphatic rings. The van der Waals surface area contributed by atoms with Crippen LogP contribution in [0.2, 0.25) is 0 Å². The minimum atomic E-state index is 0.275. The number of nitrogens with zero attached hydrogens (tertiary/aromatic N) is 1. The van der Waals surface area contributed by atoms with E-state index in [9.17, 15) is 4.79 Å². The number of hydrogen-bond donors (Lipinski definition) is 0. The summed E-state index contributed by atoms with van der Waals surface area (Å²) in [5.74, 6) is 0.275. The molecular formula is C19H19NOS. The first-order valence-electron chi connectivity index (χ1n) is 7.83. The SMILES string of the molecule is CC(=O)CCc1cc2c(s1)CCc1c-2n(C)c2ccccc12. The Balaban J connectivity index is 1.85. The van der Waals surface area contributed by atoms with Crippen LogP contribution in [0.15, 0.2) is 30.3 Å². The lowest BCUT2D eigenvalue weighted by Crippen LogP contribution is -2.02. The van der Waals surface area contributed by atoms with Crippen LogP contribution in [-0.2, 0) is 31.1 Å². The molecule has 0 N–H and O–H groups in total. The van der Waals surface area contributed by atoms with E-state index in [-0.39, 0.29) is 5.78 Å². The van der Waals surface area contributed by atoms with Crippen molar-refractivity contribution < 1.29 is 4.79 Å². The molecule has 0 bridgehead atoms. The molecule has 0 saturated carbocycles. The van der Waals surface area contributed by atoms with Crippen LogP contribution in [0.4, 0.5) is 0 Å². The first-order valence-corrected chi connectivity index (χ1v) is 8.64. The lowest BCUT2D eigenvalue weighted by atomic mass is 9.94. The van der Waals surface area contributed by atoms with Crippen molar-refractivity contribution in [3.05, 3.63) is 45.6 Å². The van der Waals surface area contributed by atoms with Crippen LogP contribution < -0.4 is 0 Å². The van der Waals surface area contributed by atoms with Crippen molar-refractivity contribution in [3.8, 4) is 11.3 Å². The lowest BCUT2D eigenvalue weighted by molar-refractivity contribution is -0.116. The Bertz CT molecular complexity index is 884. The molecule has 0 aliphatic heterocycles. The first-order chi connectivity index (χ1) is 10.6. The van der Waals surface area contributed by atoms with Gasteiger partial charge in [0, 0.05) is 39.7 Å². The van der Waals surface area contributed by atoms with Crippen molar-refractivity contribution in [2.24, 2.45) is 7.05 Å². The predicted molar refractivity (Wildman–Crippen MR) is 92.6 cm³/mol. The summed E-state index contributed by atoms with van der Waals surface area (Å²) in [6.07, 6.45) is 3.78. The van der Waals surface area contributed by atoms with Crippen molar-refractivity contribution in [1.29, 1.82) is 0 Å². The molecule has 1 aliphatic carbocycles. The number of benzene rings is 1. The van der Waals surface area contributed by atoms with E-state index < -0.39 is 0 Å². The van der Waals surface area contributed by atoms with Gasteiger partial charge in [0.05, 0.1) is 5.69 Å². The van der Waals surface area contributed by atoms with Gasteiger partial charge in [0.1, 0.15) is 5.78 Å².